The van der Waals surface area contributed by atoms with Crippen molar-refractivity contribution < 1.29 is 19.4 Å². The number of nitrogens with zero attached hydrogens (tertiary/aromatic N) is 1. The van der Waals surface area contributed by atoms with Gasteiger partial charge in [-0.1, -0.05) is 71.6 Å². The van der Waals surface area contributed by atoms with Crippen LogP contribution in [0.1, 0.15) is 75.2 Å². The van der Waals surface area contributed by atoms with Gasteiger partial charge in [-0.15, -0.1) is 0 Å². The summed E-state index contributed by atoms with van der Waals surface area (Å²) in [5.74, 6) is 14.3. The third kappa shape index (κ3) is 10.8. The number of pyridine rings is 1. The molecule has 4 aromatic carbocycles. The van der Waals surface area contributed by atoms with Gasteiger partial charge in [-0.2, -0.15) is 0 Å². The number of methoxy groups -OCH3 is 2. The zero-order chi connectivity index (χ0) is 38.9. The summed E-state index contributed by atoms with van der Waals surface area (Å²) in [5, 5.41) is 22.8. The van der Waals surface area contributed by atoms with Gasteiger partial charge < -0.3 is 35.8 Å². The number of hydrogen-bond acceptors (Lipinski definition) is 7. The van der Waals surface area contributed by atoms with Gasteiger partial charge in [0.05, 0.1) is 25.6 Å². The Morgan fingerprint density at radius 3 is 1.59 bits per heavy atom. The first-order valence-electron chi connectivity index (χ1n) is 17.6. The van der Waals surface area contributed by atoms with E-state index in [0.29, 0.717) is 45.3 Å². The summed E-state index contributed by atoms with van der Waals surface area (Å²) in [6.07, 6.45) is -1.08. The average molecular weight is 722 g/mol. The normalized spacial score (nSPS) is 11.5. The number of urea groups is 1. The first-order valence-corrected chi connectivity index (χ1v) is 17.6. The van der Waals surface area contributed by atoms with E-state index in [1.807, 2.05) is 78.9 Å². The summed E-state index contributed by atoms with van der Waals surface area (Å²) in [7, 11) is 3.20. The number of benzene rings is 4. The molecule has 54 heavy (non-hydrogen) atoms. The molecule has 1 atom stereocenters. The molecule has 0 radical (unpaired) electrons. The number of aliphatic hydroxyl groups excluding tert-OH is 1. The molecule has 0 saturated carbocycles. The number of ether oxygens (including phenoxy) is 2. The van der Waals surface area contributed by atoms with Crippen LogP contribution in [0.2, 0.25) is 0 Å². The number of anilines is 4. The zero-order valence-electron chi connectivity index (χ0n) is 32.0. The molecule has 5 rings (SSSR count). The number of hydrogen-bond donors (Lipinski definition) is 5. The standard InChI is InChI=1S/C45H47N5O4/c1-44(2,3)32-14-26-40(49-42(51)47-36-18-22-38(53-7)23-19-36)30(28-32)12-16-34-10-9-11-35(46-34)17-13-31-29-33(45(4,5)6)15-27-41(31)50-43(52)48-37-20-24-39(54-8)25-21-37/h9-11,14-15,18-29,42,47,49,51H,1-8H3,(H2,48,50,52). The van der Waals surface area contributed by atoms with Crippen LogP contribution in [0.5, 0.6) is 11.5 Å². The maximum Gasteiger partial charge on any atom is 0.323 e. The number of carbonyl (C=O) groups is 1. The highest BCUT2D eigenvalue weighted by Gasteiger charge is 2.18. The van der Waals surface area contributed by atoms with E-state index >= 15 is 0 Å². The second-order valence-electron chi connectivity index (χ2n) is 14.7. The van der Waals surface area contributed by atoms with Crippen molar-refractivity contribution >= 4 is 28.8 Å². The minimum atomic E-state index is -1.08. The number of carbonyl (C=O) groups excluding carboxylic acids is 1. The Hall–Kier alpha value is -6.42. The minimum absolute atomic E-state index is 0.114. The second kappa shape index (κ2) is 16.9. The van der Waals surface area contributed by atoms with E-state index in [-0.39, 0.29) is 10.8 Å². The highest BCUT2D eigenvalue weighted by atomic mass is 16.5. The predicted octanol–water partition coefficient (Wildman–Crippen LogP) is 8.94. The second-order valence-corrected chi connectivity index (χ2v) is 14.7. The molecule has 5 N–H and O–H groups in total. The van der Waals surface area contributed by atoms with E-state index in [4.69, 9.17) is 14.5 Å². The van der Waals surface area contributed by atoms with Crippen molar-refractivity contribution in [3.05, 3.63) is 137 Å². The van der Waals surface area contributed by atoms with E-state index in [1.54, 1.807) is 38.5 Å². The third-order valence-electron chi connectivity index (χ3n) is 8.45. The topological polar surface area (TPSA) is 117 Å². The van der Waals surface area contributed by atoms with Gasteiger partial charge in [0.1, 0.15) is 22.9 Å². The van der Waals surface area contributed by atoms with Crippen LogP contribution in [0.15, 0.2) is 103 Å². The van der Waals surface area contributed by atoms with Gasteiger partial charge in [-0.25, -0.2) is 9.78 Å². The fourth-order valence-corrected chi connectivity index (χ4v) is 5.29. The lowest BCUT2D eigenvalue weighted by atomic mass is 9.86. The Morgan fingerprint density at radius 1 is 0.611 bits per heavy atom. The highest BCUT2D eigenvalue weighted by Crippen LogP contribution is 2.29. The molecule has 0 spiro atoms. The summed E-state index contributed by atoms with van der Waals surface area (Å²) in [5.41, 5.74) is 6.93. The number of rotatable bonds is 8. The van der Waals surface area contributed by atoms with Gasteiger partial charge in [0.15, 0.2) is 0 Å². The van der Waals surface area contributed by atoms with Crippen molar-refractivity contribution in [2.24, 2.45) is 0 Å². The minimum Gasteiger partial charge on any atom is -0.497 e. The first-order chi connectivity index (χ1) is 25.7. The van der Waals surface area contributed by atoms with Crippen molar-refractivity contribution in [2.45, 2.75) is 58.7 Å². The van der Waals surface area contributed by atoms with Crippen LogP contribution in [0.3, 0.4) is 0 Å². The van der Waals surface area contributed by atoms with E-state index in [9.17, 15) is 9.90 Å². The van der Waals surface area contributed by atoms with Crippen molar-refractivity contribution in [1.29, 1.82) is 0 Å². The van der Waals surface area contributed by atoms with Crippen LogP contribution >= 0.6 is 0 Å². The van der Waals surface area contributed by atoms with Gasteiger partial charge in [0.25, 0.3) is 0 Å². The van der Waals surface area contributed by atoms with Crippen LogP contribution in [-0.2, 0) is 10.8 Å². The molecule has 276 valence electrons. The molecule has 0 saturated heterocycles. The number of nitrogens with one attached hydrogen (secondary N) is 4. The van der Waals surface area contributed by atoms with Gasteiger partial charge in [0, 0.05) is 22.5 Å². The number of amides is 2. The van der Waals surface area contributed by atoms with Crippen LogP contribution in [0, 0.1) is 23.7 Å². The SMILES string of the molecule is COc1ccc(NC(=O)Nc2ccc(C(C)(C)C)cc2C#Cc2cccc(C#Cc3cc(C(C)(C)C)ccc3NC(O)Nc3ccc(OC)cc3)n2)cc1. The van der Waals surface area contributed by atoms with E-state index < -0.39 is 12.4 Å². The summed E-state index contributed by atoms with van der Waals surface area (Å²) < 4.78 is 10.4. The van der Waals surface area contributed by atoms with Crippen molar-refractivity contribution in [2.75, 3.05) is 35.5 Å². The fourth-order valence-electron chi connectivity index (χ4n) is 5.29. The largest absolute Gasteiger partial charge is 0.497 e. The van der Waals surface area contributed by atoms with Crippen LogP contribution in [-0.4, -0.2) is 36.7 Å². The Morgan fingerprint density at radius 2 is 1.09 bits per heavy atom. The number of aliphatic hydroxyl groups is 1. The number of aromatic nitrogens is 1. The summed E-state index contributed by atoms with van der Waals surface area (Å²) >= 11 is 0. The Labute approximate surface area is 318 Å². The Kier molecular flexibility index (Phi) is 12.2. The molecule has 0 fully saturated rings. The molecule has 0 bridgehead atoms. The molecule has 1 heterocycles. The third-order valence-corrected chi connectivity index (χ3v) is 8.45. The van der Waals surface area contributed by atoms with E-state index in [0.717, 1.165) is 22.6 Å². The lowest BCUT2D eigenvalue weighted by Gasteiger charge is -2.22. The Balaban J connectivity index is 1.39. The summed E-state index contributed by atoms with van der Waals surface area (Å²) in [6, 6.07) is 31.4. The monoisotopic (exact) mass is 721 g/mol. The zero-order valence-corrected chi connectivity index (χ0v) is 32.0. The molecule has 9 heteroatoms. The fraction of sp³-hybridized carbons (Fsp3) is 0.244. The van der Waals surface area contributed by atoms with Gasteiger partial charge >= 0.3 is 6.03 Å². The Bertz CT molecular complexity index is 2210. The smallest absolute Gasteiger partial charge is 0.323 e. The summed E-state index contributed by atoms with van der Waals surface area (Å²) in [4.78, 5) is 17.7. The van der Waals surface area contributed by atoms with Crippen LogP contribution < -0.4 is 30.7 Å². The van der Waals surface area contributed by atoms with Crippen LogP contribution in [0.25, 0.3) is 0 Å². The van der Waals surface area contributed by atoms with E-state index in [1.165, 1.54) is 0 Å². The quantitative estimate of drug-likeness (QED) is 0.0803. The predicted molar refractivity (Wildman–Crippen MR) is 218 cm³/mol. The summed E-state index contributed by atoms with van der Waals surface area (Å²) in [6.45, 7) is 12.8. The molecule has 9 nitrogen and oxygen atoms in total. The van der Waals surface area contributed by atoms with Crippen molar-refractivity contribution in [3.8, 4) is 35.2 Å². The molecular formula is C45H47N5O4. The van der Waals surface area contributed by atoms with Gasteiger partial charge in [0.2, 0.25) is 6.35 Å². The lowest BCUT2D eigenvalue weighted by Crippen LogP contribution is -2.28. The molecular weight excluding hydrogens is 675 g/mol. The maximum atomic E-state index is 13.0. The van der Waals surface area contributed by atoms with Crippen LogP contribution in [0.4, 0.5) is 27.5 Å². The molecule has 2 amide bonds. The molecule has 0 aliphatic heterocycles. The molecule has 5 aromatic rings. The lowest BCUT2D eigenvalue weighted by molar-refractivity contribution is 0.233. The van der Waals surface area contributed by atoms with E-state index in [2.05, 4.69) is 86.5 Å². The van der Waals surface area contributed by atoms with Gasteiger partial charge in [-0.3, -0.25) is 0 Å². The molecule has 1 aromatic heterocycles. The molecule has 0 aliphatic rings. The van der Waals surface area contributed by atoms with Crippen molar-refractivity contribution in [1.82, 2.24) is 4.98 Å². The maximum absolute atomic E-state index is 13.0. The van der Waals surface area contributed by atoms with Crippen molar-refractivity contribution in [3.63, 3.8) is 0 Å². The van der Waals surface area contributed by atoms with Gasteiger partial charge in [-0.05, 0) is 119 Å². The molecule has 0 aliphatic carbocycles. The first kappa shape index (κ1) is 38.8. The highest BCUT2D eigenvalue weighted by molar-refractivity contribution is 6.00. The molecule has 1 unspecified atom stereocenters. The average Bonchev–Trinajstić information content (AvgIpc) is 3.14.